The number of rotatable bonds is 2. The molecule has 1 atom stereocenters. The molecule has 2 aliphatic rings. The Labute approximate surface area is 129 Å². The summed E-state index contributed by atoms with van der Waals surface area (Å²) in [5, 5.41) is 0. The lowest BCUT2D eigenvalue weighted by Crippen LogP contribution is -2.48. The van der Waals surface area contributed by atoms with Crippen molar-refractivity contribution in [1.82, 2.24) is 4.72 Å². The van der Waals surface area contributed by atoms with Crippen molar-refractivity contribution in [3.63, 3.8) is 0 Å². The molecule has 22 heavy (non-hydrogen) atoms. The maximum Gasteiger partial charge on any atom is 0.244 e. The Morgan fingerprint density at radius 1 is 1.09 bits per heavy atom. The molecule has 2 aromatic rings. The molecule has 0 saturated carbocycles. The van der Waals surface area contributed by atoms with Gasteiger partial charge in [-0.2, -0.15) is 4.72 Å². The van der Waals surface area contributed by atoms with E-state index in [9.17, 15) is 8.42 Å². The number of nitrogens with one attached hydrogen (secondary N) is 1. The molecule has 1 unspecified atom stereocenters. The monoisotopic (exact) mass is 316 g/mol. The molecule has 6 heteroatoms. The molecule has 0 amide bonds. The number of anilines is 1. The quantitative estimate of drug-likeness (QED) is 0.925. The molecule has 2 aromatic carbocycles. The summed E-state index contributed by atoms with van der Waals surface area (Å²) in [4.78, 5) is 2.40. The van der Waals surface area contributed by atoms with Crippen molar-refractivity contribution in [3.05, 3.63) is 48.5 Å². The van der Waals surface area contributed by atoms with E-state index >= 15 is 0 Å². The van der Waals surface area contributed by atoms with Crippen molar-refractivity contribution >= 4 is 15.7 Å². The van der Waals surface area contributed by atoms with Crippen LogP contribution in [0.25, 0.3) is 0 Å². The molecular weight excluding hydrogens is 300 g/mol. The van der Waals surface area contributed by atoms with E-state index in [0.29, 0.717) is 16.4 Å². The Hall–Kier alpha value is -2.05. The normalized spacial score (nSPS) is 22.0. The number of hydrogen-bond acceptors (Lipinski definition) is 4. The number of benzene rings is 2. The van der Waals surface area contributed by atoms with E-state index in [4.69, 9.17) is 4.74 Å². The molecule has 1 N–H and O–H groups in total. The van der Waals surface area contributed by atoms with Crippen molar-refractivity contribution in [3.8, 4) is 11.5 Å². The summed E-state index contributed by atoms with van der Waals surface area (Å²) in [6.07, 6.45) is 1.73. The zero-order valence-electron chi connectivity index (χ0n) is 11.9. The van der Waals surface area contributed by atoms with Crippen LogP contribution in [0, 0.1) is 0 Å². The van der Waals surface area contributed by atoms with Gasteiger partial charge in [0.25, 0.3) is 0 Å². The van der Waals surface area contributed by atoms with Gasteiger partial charge in [-0.15, -0.1) is 0 Å². The third-order valence-electron chi connectivity index (χ3n) is 4.05. The van der Waals surface area contributed by atoms with Crippen LogP contribution in [0.2, 0.25) is 0 Å². The topological polar surface area (TPSA) is 58.6 Å². The highest BCUT2D eigenvalue weighted by molar-refractivity contribution is 7.89. The van der Waals surface area contributed by atoms with Gasteiger partial charge >= 0.3 is 0 Å². The Balaban J connectivity index is 1.74. The molecule has 1 fully saturated rings. The number of ether oxygens (including phenoxy) is 1. The van der Waals surface area contributed by atoms with Gasteiger partial charge in [-0.1, -0.05) is 18.2 Å². The molecule has 2 aliphatic heterocycles. The standard InChI is InChI=1S/C16H16N2O3S/c19-22(20)15-11-13(21-12-5-2-1-3-6-12)8-9-14(15)18-10-4-7-16(18)17-22/h1-3,5-6,8-9,11,16-17H,4,7,10H2. The second-order valence-electron chi connectivity index (χ2n) is 5.52. The van der Waals surface area contributed by atoms with Gasteiger partial charge in [0.15, 0.2) is 0 Å². The van der Waals surface area contributed by atoms with Gasteiger partial charge in [0.2, 0.25) is 10.0 Å². The van der Waals surface area contributed by atoms with Gasteiger partial charge in [-0.3, -0.25) is 0 Å². The fraction of sp³-hybridized carbons (Fsp3) is 0.250. The molecule has 5 nitrogen and oxygen atoms in total. The molecule has 0 spiro atoms. The minimum Gasteiger partial charge on any atom is -0.457 e. The molecule has 4 rings (SSSR count). The summed E-state index contributed by atoms with van der Waals surface area (Å²) < 4.78 is 33.3. The highest BCUT2D eigenvalue weighted by atomic mass is 32.2. The first-order valence-electron chi connectivity index (χ1n) is 7.29. The van der Waals surface area contributed by atoms with Crippen molar-refractivity contribution < 1.29 is 13.2 Å². The summed E-state index contributed by atoms with van der Waals surface area (Å²) in [7, 11) is -3.48. The predicted octanol–water partition coefficient (Wildman–Crippen LogP) is 2.70. The maximum atomic E-state index is 12.4. The Bertz CT molecular complexity index is 805. The van der Waals surface area contributed by atoms with Crippen LogP contribution in [0.4, 0.5) is 5.69 Å². The molecule has 0 radical (unpaired) electrons. The van der Waals surface area contributed by atoms with Crippen molar-refractivity contribution in [2.75, 3.05) is 11.4 Å². The molecule has 114 valence electrons. The van der Waals surface area contributed by atoms with E-state index in [2.05, 4.69) is 9.62 Å². The molecule has 0 bridgehead atoms. The lowest BCUT2D eigenvalue weighted by atomic mass is 10.2. The number of sulfonamides is 1. The van der Waals surface area contributed by atoms with Crippen LogP contribution >= 0.6 is 0 Å². The maximum absolute atomic E-state index is 12.4. The van der Waals surface area contributed by atoms with Gasteiger partial charge in [0.05, 0.1) is 11.9 Å². The molecule has 1 saturated heterocycles. The van der Waals surface area contributed by atoms with Crippen LogP contribution in [0.5, 0.6) is 11.5 Å². The average molecular weight is 316 g/mol. The van der Waals surface area contributed by atoms with Crippen LogP contribution < -0.4 is 14.4 Å². The third-order valence-corrected chi connectivity index (χ3v) is 5.54. The highest BCUT2D eigenvalue weighted by Gasteiger charge is 2.37. The molecule has 2 heterocycles. The average Bonchev–Trinajstić information content (AvgIpc) is 2.96. The van der Waals surface area contributed by atoms with Crippen LogP contribution in [0.3, 0.4) is 0 Å². The van der Waals surface area contributed by atoms with Crippen molar-refractivity contribution in [2.45, 2.75) is 23.9 Å². The molecule has 0 aromatic heterocycles. The third kappa shape index (κ3) is 2.24. The first kappa shape index (κ1) is 13.6. The second kappa shape index (κ2) is 5.00. The fourth-order valence-electron chi connectivity index (χ4n) is 3.06. The van der Waals surface area contributed by atoms with Crippen molar-refractivity contribution in [1.29, 1.82) is 0 Å². The van der Waals surface area contributed by atoms with E-state index in [1.165, 1.54) is 0 Å². The predicted molar refractivity (Wildman–Crippen MR) is 83.6 cm³/mol. The number of hydrogen-bond donors (Lipinski definition) is 1. The lowest BCUT2D eigenvalue weighted by Gasteiger charge is -2.33. The van der Waals surface area contributed by atoms with Gasteiger partial charge < -0.3 is 9.64 Å². The minimum atomic E-state index is -3.48. The second-order valence-corrected chi connectivity index (χ2v) is 7.20. The number of para-hydroxylation sites is 1. The number of fused-ring (bicyclic) bond motifs is 3. The minimum absolute atomic E-state index is 0.113. The van der Waals surface area contributed by atoms with Gasteiger partial charge in [-0.05, 0) is 37.1 Å². The Morgan fingerprint density at radius 3 is 2.73 bits per heavy atom. The summed E-state index contributed by atoms with van der Waals surface area (Å²) in [6, 6.07) is 14.6. The zero-order chi connectivity index (χ0) is 15.2. The van der Waals surface area contributed by atoms with Gasteiger partial charge in [0, 0.05) is 12.6 Å². The SMILES string of the molecule is O=S1(=O)NC2CCCN2c2ccc(Oc3ccccc3)cc21. The van der Waals surface area contributed by atoms with E-state index in [-0.39, 0.29) is 6.17 Å². The first-order chi connectivity index (χ1) is 10.6. The summed E-state index contributed by atoms with van der Waals surface area (Å²) in [6.45, 7) is 0.874. The molecule has 0 aliphatic carbocycles. The zero-order valence-corrected chi connectivity index (χ0v) is 12.7. The van der Waals surface area contributed by atoms with Crippen molar-refractivity contribution in [2.24, 2.45) is 0 Å². The van der Waals surface area contributed by atoms with Gasteiger partial charge in [-0.25, -0.2) is 8.42 Å². The van der Waals surface area contributed by atoms with Crippen LogP contribution in [0.15, 0.2) is 53.4 Å². The van der Waals surface area contributed by atoms with E-state index in [1.54, 1.807) is 6.07 Å². The number of nitrogens with zero attached hydrogens (tertiary/aromatic N) is 1. The smallest absolute Gasteiger partial charge is 0.244 e. The van der Waals surface area contributed by atoms with E-state index in [0.717, 1.165) is 25.1 Å². The van der Waals surface area contributed by atoms with Crippen LogP contribution in [0.1, 0.15) is 12.8 Å². The van der Waals surface area contributed by atoms with E-state index < -0.39 is 10.0 Å². The van der Waals surface area contributed by atoms with E-state index in [1.807, 2.05) is 42.5 Å². The lowest BCUT2D eigenvalue weighted by molar-refractivity contribution is 0.479. The van der Waals surface area contributed by atoms with Gasteiger partial charge in [0.1, 0.15) is 16.4 Å². The molecular formula is C16H16N2O3S. The Morgan fingerprint density at radius 2 is 1.91 bits per heavy atom. The van der Waals surface area contributed by atoms with Crippen LogP contribution in [-0.4, -0.2) is 21.1 Å². The first-order valence-corrected chi connectivity index (χ1v) is 8.78. The van der Waals surface area contributed by atoms with Crippen LogP contribution in [-0.2, 0) is 10.0 Å². The summed E-state index contributed by atoms with van der Waals surface area (Å²) >= 11 is 0. The summed E-state index contributed by atoms with van der Waals surface area (Å²) in [5.41, 5.74) is 0.765. The highest BCUT2D eigenvalue weighted by Crippen LogP contribution is 2.38. The fourth-order valence-corrected chi connectivity index (χ4v) is 4.52. The Kier molecular flexibility index (Phi) is 3.09. The largest absolute Gasteiger partial charge is 0.457 e. The summed E-state index contributed by atoms with van der Waals surface area (Å²) in [5.74, 6) is 1.20.